The predicted molar refractivity (Wildman–Crippen MR) is 50.1 cm³/mol. The standard InChI is InChI=1S/C9H12BO2/c1-6-4-7(2)9(10-11)8(5-6)12-3/h4-5,11H,1-3H3. The van der Waals surface area contributed by atoms with E-state index in [1.54, 1.807) is 7.11 Å². The second-order valence-corrected chi connectivity index (χ2v) is 2.83. The minimum absolute atomic E-state index is 0.718. The molecule has 1 rings (SSSR count). The molecule has 0 bridgehead atoms. The van der Waals surface area contributed by atoms with Gasteiger partial charge >= 0.3 is 7.48 Å². The molecule has 0 aliphatic rings. The van der Waals surface area contributed by atoms with Gasteiger partial charge in [0.1, 0.15) is 5.75 Å². The first-order valence-corrected chi connectivity index (χ1v) is 3.81. The van der Waals surface area contributed by atoms with Crippen LogP contribution in [0.2, 0.25) is 0 Å². The van der Waals surface area contributed by atoms with Crippen LogP contribution in [-0.2, 0) is 0 Å². The highest BCUT2D eigenvalue weighted by Gasteiger charge is 2.06. The van der Waals surface area contributed by atoms with Crippen molar-refractivity contribution in [3.8, 4) is 5.75 Å². The van der Waals surface area contributed by atoms with Crippen LogP contribution in [0, 0.1) is 13.8 Å². The van der Waals surface area contributed by atoms with Crippen molar-refractivity contribution in [3.63, 3.8) is 0 Å². The van der Waals surface area contributed by atoms with Crippen LogP contribution in [0.3, 0.4) is 0 Å². The lowest BCUT2D eigenvalue weighted by Crippen LogP contribution is -2.19. The summed E-state index contributed by atoms with van der Waals surface area (Å²) in [7, 11) is 2.68. The fourth-order valence-electron chi connectivity index (χ4n) is 1.27. The molecule has 2 nitrogen and oxygen atoms in total. The molecule has 1 radical (unpaired) electrons. The molecule has 0 aliphatic carbocycles. The summed E-state index contributed by atoms with van der Waals surface area (Å²) >= 11 is 0. The third-order valence-electron chi connectivity index (χ3n) is 1.84. The second-order valence-electron chi connectivity index (χ2n) is 2.83. The molecule has 0 saturated carbocycles. The summed E-state index contributed by atoms with van der Waals surface area (Å²) in [5.74, 6) is 0.718. The molecule has 0 spiro atoms. The fraction of sp³-hybridized carbons (Fsp3) is 0.333. The smallest absolute Gasteiger partial charge is 0.330 e. The number of ether oxygens (including phenoxy) is 1. The zero-order chi connectivity index (χ0) is 9.14. The number of benzene rings is 1. The molecule has 1 aromatic carbocycles. The fourth-order valence-corrected chi connectivity index (χ4v) is 1.27. The van der Waals surface area contributed by atoms with Gasteiger partial charge < -0.3 is 9.76 Å². The number of aryl methyl sites for hydroxylation is 2. The van der Waals surface area contributed by atoms with Crippen LogP contribution in [0.15, 0.2) is 12.1 Å². The average molecular weight is 163 g/mol. The first-order chi connectivity index (χ1) is 5.69. The molecule has 1 aromatic rings. The third kappa shape index (κ3) is 1.61. The van der Waals surface area contributed by atoms with E-state index in [-0.39, 0.29) is 0 Å². The van der Waals surface area contributed by atoms with Crippen LogP contribution < -0.4 is 10.2 Å². The van der Waals surface area contributed by atoms with Crippen molar-refractivity contribution in [3.05, 3.63) is 23.3 Å². The largest absolute Gasteiger partial charge is 0.497 e. The van der Waals surface area contributed by atoms with Crippen molar-refractivity contribution in [1.82, 2.24) is 0 Å². The Hall–Kier alpha value is -0.955. The highest BCUT2D eigenvalue weighted by atomic mass is 16.5. The molecule has 0 saturated heterocycles. The van der Waals surface area contributed by atoms with E-state index >= 15 is 0 Å². The highest BCUT2D eigenvalue weighted by molar-refractivity contribution is 6.47. The third-order valence-corrected chi connectivity index (χ3v) is 1.84. The Kier molecular flexibility index (Phi) is 2.76. The number of rotatable bonds is 2. The summed E-state index contributed by atoms with van der Waals surface area (Å²) in [5, 5.41) is 8.92. The van der Waals surface area contributed by atoms with Crippen LogP contribution in [0.1, 0.15) is 11.1 Å². The molecular formula is C9H12BO2. The van der Waals surface area contributed by atoms with Gasteiger partial charge in [-0.25, -0.2) is 0 Å². The van der Waals surface area contributed by atoms with Crippen LogP contribution in [0.25, 0.3) is 0 Å². The normalized spacial score (nSPS) is 9.67. The van der Waals surface area contributed by atoms with Crippen molar-refractivity contribution < 1.29 is 9.76 Å². The first-order valence-electron chi connectivity index (χ1n) is 3.81. The van der Waals surface area contributed by atoms with Gasteiger partial charge in [-0.1, -0.05) is 11.6 Å². The van der Waals surface area contributed by atoms with Gasteiger partial charge in [-0.3, -0.25) is 0 Å². The molecule has 0 atom stereocenters. The number of hydrogen-bond donors (Lipinski definition) is 1. The molecule has 0 aliphatic heterocycles. The SMILES string of the molecule is COc1cc(C)cc(C)c1[B]O. The van der Waals surface area contributed by atoms with E-state index in [9.17, 15) is 0 Å². The van der Waals surface area contributed by atoms with Gasteiger partial charge in [-0.15, -0.1) is 0 Å². The molecular weight excluding hydrogens is 151 g/mol. The van der Waals surface area contributed by atoms with Crippen LogP contribution in [0.4, 0.5) is 0 Å². The molecule has 1 N–H and O–H groups in total. The maximum absolute atomic E-state index is 8.92. The average Bonchev–Trinajstić information content (AvgIpc) is 2.03. The van der Waals surface area contributed by atoms with Crippen molar-refractivity contribution >= 4 is 12.9 Å². The predicted octanol–water partition coefficient (Wildman–Crippen LogP) is 0.549. The van der Waals surface area contributed by atoms with Gasteiger partial charge in [-0.2, -0.15) is 0 Å². The number of hydrogen-bond acceptors (Lipinski definition) is 2. The topological polar surface area (TPSA) is 29.5 Å². The molecule has 0 heterocycles. The van der Waals surface area contributed by atoms with Gasteiger partial charge in [-0.05, 0) is 30.9 Å². The Morgan fingerprint density at radius 3 is 2.50 bits per heavy atom. The van der Waals surface area contributed by atoms with E-state index in [0.29, 0.717) is 0 Å². The van der Waals surface area contributed by atoms with Gasteiger partial charge in [0.05, 0.1) is 7.11 Å². The van der Waals surface area contributed by atoms with E-state index < -0.39 is 0 Å². The quantitative estimate of drug-likeness (QED) is 0.645. The lowest BCUT2D eigenvalue weighted by atomic mass is 9.83. The Morgan fingerprint density at radius 1 is 1.33 bits per heavy atom. The van der Waals surface area contributed by atoms with Crippen molar-refractivity contribution in [2.24, 2.45) is 0 Å². The molecule has 0 unspecified atom stereocenters. The molecule has 0 aromatic heterocycles. The summed E-state index contributed by atoms with van der Waals surface area (Å²) in [6.45, 7) is 3.94. The van der Waals surface area contributed by atoms with Gasteiger partial charge in [0.15, 0.2) is 0 Å². The maximum Gasteiger partial charge on any atom is 0.330 e. The summed E-state index contributed by atoms with van der Waals surface area (Å²) in [4.78, 5) is 0. The maximum atomic E-state index is 8.92. The lowest BCUT2D eigenvalue weighted by Gasteiger charge is -2.09. The summed E-state index contributed by atoms with van der Waals surface area (Å²) in [6.07, 6.45) is 0. The second kappa shape index (κ2) is 3.63. The summed E-state index contributed by atoms with van der Waals surface area (Å²) < 4.78 is 5.11. The van der Waals surface area contributed by atoms with E-state index in [4.69, 9.17) is 9.76 Å². The van der Waals surface area contributed by atoms with Crippen LogP contribution >= 0.6 is 0 Å². The zero-order valence-electron chi connectivity index (χ0n) is 7.59. The van der Waals surface area contributed by atoms with Gasteiger partial charge in [0, 0.05) is 0 Å². The van der Waals surface area contributed by atoms with E-state index in [1.807, 2.05) is 26.0 Å². The Labute approximate surface area is 73.5 Å². The first kappa shape index (κ1) is 9.14. The molecule has 63 valence electrons. The highest BCUT2D eigenvalue weighted by Crippen LogP contribution is 2.12. The number of methoxy groups -OCH3 is 1. The molecule has 0 amide bonds. The Balaban J connectivity index is 3.24. The van der Waals surface area contributed by atoms with Crippen LogP contribution in [0.5, 0.6) is 5.75 Å². The monoisotopic (exact) mass is 163 g/mol. The minimum atomic E-state index is 0.718. The van der Waals surface area contributed by atoms with E-state index in [0.717, 1.165) is 29.8 Å². The van der Waals surface area contributed by atoms with Gasteiger partial charge in [0.25, 0.3) is 0 Å². The van der Waals surface area contributed by atoms with Crippen molar-refractivity contribution in [2.45, 2.75) is 13.8 Å². The minimum Gasteiger partial charge on any atom is -0.497 e. The van der Waals surface area contributed by atoms with Crippen molar-refractivity contribution in [2.75, 3.05) is 7.11 Å². The Bertz CT molecular complexity index is 284. The van der Waals surface area contributed by atoms with E-state index in [2.05, 4.69) is 0 Å². The summed E-state index contributed by atoms with van der Waals surface area (Å²) in [6, 6.07) is 3.90. The molecule has 3 heteroatoms. The van der Waals surface area contributed by atoms with Gasteiger partial charge in [0.2, 0.25) is 0 Å². The Morgan fingerprint density at radius 2 is 2.00 bits per heavy atom. The zero-order valence-corrected chi connectivity index (χ0v) is 7.59. The summed E-state index contributed by atoms with van der Waals surface area (Å²) in [5.41, 5.74) is 2.91. The molecule has 12 heavy (non-hydrogen) atoms. The van der Waals surface area contributed by atoms with Crippen molar-refractivity contribution in [1.29, 1.82) is 0 Å². The lowest BCUT2D eigenvalue weighted by molar-refractivity contribution is 0.416. The van der Waals surface area contributed by atoms with E-state index in [1.165, 1.54) is 0 Å². The molecule has 0 fully saturated rings. The van der Waals surface area contributed by atoms with Crippen LogP contribution in [-0.4, -0.2) is 19.6 Å².